The highest BCUT2D eigenvalue weighted by Crippen LogP contribution is 2.27. The van der Waals surface area contributed by atoms with Crippen LogP contribution in [0.4, 0.5) is 0 Å². The number of aromatic nitrogens is 1. The number of nitrogens with zero attached hydrogens (tertiary/aromatic N) is 2. The van der Waals surface area contributed by atoms with Crippen molar-refractivity contribution in [1.29, 1.82) is 0 Å². The molecule has 0 unspecified atom stereocenters. The van der Waals surface area contributed by atoms with Crippen molar-refractivity contribution in [2.75, 3.05) is 6.54 Å². The van der Waals surface area contributed by atoms with Crippen molar-refractivity contribution < 1.29 is 5.21 Å². The van der Waals surface area contributed by atoms with Crippen LogP contribution in [0.15, 0.2) is 23.5 Å². The second-order valence-corrected chi connectivity index (χ2v) is 5.79. The molecule has 2 rings (SSSR count). The van der Waals surface area contributed by atoms with Crippen molar-refractivity contribution >= 4 is 5.84 Å². The molecule has 110 valence electrons. The third-order valence-corrected chi connectivity index (χ3v) is 4.09. The summed E-state index contributed by atoms with van der Waals surface area (Å²) in [6.45, 7) is 4.20. The Kier molecular flexibility index (Phi) is 5.35. The zero-order valence-corrected chi connectivity index (χ0v) is 12.0. The predicted octanol–water partition coefficient (Wildman–Crippen LogP) is 2.09. The molecule has 0 spiro atoms. The van der Waals surface area contributed by atoms with E-state index in [-0.39, 0.29) is 5.84 Å². The first-order chi connectivity index (χ1) is 9.69. The van der Waals surface area contributed by atoms with Crippen LogP contribution in [0.2, 0.25) is 0 Å². The van der Waals surface area contributed by atoms with Crippen LogP contribution in [0.25, 0.3) is 0 Å². The minimum absolute atomic E-state index is 0.0492. The van der Waals surface area contributed by atoms with Gasteiger partial charge in [0.05, 0.1) is 0 Å². The summed E-state index contributed by atoms with van der Waals surface area (Å²) in [5.41, 5.74) is 7.15. The lowest BCUT2D eigenvalue weighted by Crippen LogP contribution is -2.26. The molecule has 0 aliphatic heterocycles. The van der Waals surface area contributed by atoms with Gasteiger partial charge in [0.25, 0.3) is 0 Å². The number of nitrogens with two attached hydrogens (primary N) is 1. The molecule has 4 N–H and O–H groups in total. The molecular formula is C15H24N4O. The lowest BCUT2D eigenvalue weighted by Gasteiger charge is -2.26. The van der Waals surface area contributed by atoms with Gasteiger partial charge in [-0.15, -0.1) is 0 Å². The van der Waals surface area contributed by atoms with Crippen LogP contribution in [-0.4, -0.2) is 22.6 Å². The Morgan fingerprint density at radius 3 is 2.90 bits per heavy atom. The third kappa shape index (κ3) is 4.20. The molecule has 0 aromatic carbocycles. The predicted molar refractivity (Wildman–Crippen MR) is 79.6 cm³/mol. The van der Waals surface area contributed by atoms with Gasteiger partial charge >= 0.3 is 0 Å². The van der Waals surface area contributed by atoms with E-state index in [2.05, 4.69) is 22.4 Å². The molecule has 0 atom stereocenters. The molecule has 5 heteroatoms. The number of rotatable bonds is 5. The smallest absolute Gasteiger partial charge is 0.188 e. The van der Waals surface area contributed by atoms with Gasteiger partial charge in [0, 0.05) is 12.7 Å². The molecule has 0 radical (unpaired) electrons. The van der Waals surface area contributed by atoms with Gasteiger partial charge in [-0.3, -0.25) is 4.98 Å². The monoisotopic (exact) mass is 276 g/mol. The molecule has 0 amide bonds. The van der Waals surface area contributed by atoms with E-state index in [1.54, 1.807) is 6.20 Å². The molecule has 1 aliphatic carbocycles. The second kappa shape index (κ2) is 7.24. The molecule has 1 aliphatic rings. The largest absolute Gasteiger partial charge is 0.409 e. The van der Waals surface area contributed by atoms with Gasteiger partial charge in [-0.05, 0) is 48.9 Å². The highest BCUT2D eigenvalue weighted by molar-refractivity contribution is 5.95. The zero-order valence-electron chi connectivity index (χ0n) is 12.0. The molecule has 1 heterocycles. The molecule has 1 aromatic heterocycles. The molecule has 1 fully saturated rings. The molecule has 1 saturated carbocycles. The van der Waals surface area contributed by atoms with Gasteiger partial charge in [0.2, 0.25) is 0 Å². The maximum absolute atomic E-state index is 8.65. The second-order valence-electron chi connectivity index (χ2n) is 5.79. The van der Waals surface area contributed by atoms with Crippen LogP contribution in [0, 0.1) is 11.8 Å². The molecule has 1 aromatic rings. The highest BCUT2D eigenvalue weighted by atomic mass is 16.4. The van der Waals surface area contributed by atoms with E-state index in [0.29, 0.717) is 5.69 Å². The molecular weight excluding hydrogens is 252 g/mol. The summed E-state index contributed by atoms with van der Waals surface area (Å²) in [5, 5.41) is 15.1. The lowest BCUT2D eigenvalue weighted by molar-refractivity contribution is 0.281. The maximum atomic E-state index is 8.65. The van der Waals surface area contributed by atoms with E-state index in [1.807, 2.05) is 12.1 Å². The minimum Gasteiger partial charge on any atom is -0.409 e. The van der Waals surface area contributed by atoms with Gasteiger partial charge in [-0.25, -0.2) is 0 Å². The van der Waals surface area contributed by atoms with Crippen molar-refractivity contribution in [3.8, 4) is 0 Å². The summed E-state index contributed by atoms with van der Waals surface area (Å²) in [7, 11) is 0. The normalized spacial score (nSPS) is 23.8. The zero-order chi connectivity index (χ0) is 14.4. The van der Waals surface area contributed by atoms with Crippen molar-refractivity contribution in [3.63, 3.8) is 0 Å². The summed E-state index contributed by atoms with van der Waals surface area (Å²) in [6, 6.07) is 3.80. The number of hydrogen-bond donors (Lipinski definition) is 3. The first-order valence-electron chi connectivity index (χ1n) is 7.32. The number of oxime groups is 1. The Bertz CT molecular complexity index is 453. The summed E-state index contributed by atoms with van der Waals surface area (Å²) in [4.78, 5) is 4.07. The first kappa shape index (κ1) is 14.8. The minimum atomic E-state index is 0.0492. The van der Waals surface area contributed by atoms with Crippen molar-refractivity contribution in [1.82, 2.24) is 10.3 Å². The van der Waals surface area contributed by atoms with Gasteiger partial charge in [-0.2, -0.15) is 0 Å². The van der Waals surface area contributed by atoms with E-state index >= 15 is 0 Å². The fourth-order valence-electron chi connectivity index (χ4n) is 2.73. The Balaban J connectivity index is 1.79. The lowest BCUT2D eigenvalue weighted by atomic mass is 9.83. The fraction of sp³-hybridized carbons (Fsp3) is 0.600. The van der Waals surface area contributed by atoms with Gasteiger partial charge < -0.3 is 16.3 Å². The van der Waals surface area contributed by atoms with Crippen LogP contribution >= 0.6 is 0 Å². The summed E-state index contributed by atoms with van der Waals surface area (Å²) >= 11 is 0. The van der Waals surface area contributed by atoms with Crippen LogP contribution < -0.4 is 11.1 Å². The van der Waals surface area contributed by atoms with Crippen molar-refractivity contribution in [2.24, 2.45) is 22.7 Å². The van der Waals surface area contributed by atoms with E-state index < -0.39 is 0 Å². The average Bonchev–Trinajstić information content (AvgIpc) is 2.49. The first-order valence-corrected chi connectivity index (χ1v) is 7.32. The van der Waals surface area contributed by atoms with E-state index in [1.165, 1.54) is 25.7 Å². The summed E-state index contributed by atoms with van der Waals surface area (Å²) in [5.74, 6) is 1.75. The topological polar surface area (TPSA) is 83.5 Å². The Morgan fingerprint density at radius 1 is 1.45 bits per heavy atom. The maximum Gasteiger partial charge on any atom is 0.188 e. The average molecular weight is 276 g/mol. The quantitative estimate of drug-likeness (QED) is 0.333. The number of amidine groups is 1. The Labute approximate surface area is 120 Å². The molecule has 5 nitrogen and oxygen atoms in total. The summed E-state index contributed by atoms with van der Waals surface area (Å²) in [6.07, 6.45) is 7.07. The van der Waals surface area contributed by atoms with Crippen molar-refractivity contribution in [2.45, 2.75) is 39.2 Å². The molecule has 0 bridgehead atoms. The SMILES string of the molecule is CC1CCC(CNCc2ccnc(C(N)=NO)c2)CC1. The fourth-order valence-corrected chi connectivity index (χ4v) is 2.73. The standard InChI is InChI=1S/C15H24N4O/c1-11-2-4-12(5-3-11)9-17-10-13-6-7-18-14(8-13)15(16)19-20/h6-8,11-12,17,20H,2-5,9-10H2,1H3,(H2,16,19). The van der Waals surface area contributed by atoms with Gasteiger partial charge in [0.15, 0.2) is 5.84 Å². The van der Waals surface area contributed by atoms with Gasteiger partial charge in [0.1, 0.15) is 5.69 Å². The van der Waals surface area contributed by atoms with Crippen LogP contribution in [0.3, 0.4) is 0 Å². The Morgan fingerprint density at radius 2 is 2.20 bits per heavy atom. The van der Waals surface area contributed by atoms with E-state index in [9.17, 15) is 0 Å². The van der Waals surface area contributed by atoms with E-state index in [0.717, 1.165) is 30.5 Å². The number of pyridine rings is 1. The van der Waals surface area contributed by atoms with Crippen molar-refractivity contribution in [3.05, 3.63) is 29.6 Å². The molecule has 20 heavy (non-hydrogen) atoms. The molecule has 0 saturated heterocycles. The van der Waals surface area contributed by atoms with Crippen LogP contribution in [0.1, 0.15) is 43.9 Å². The summed E-state index contributed by atoms with van der Waals surface area (Å²) < 4.78 is 0. The third-order valence-electron chi connectivity index (χ3n) is 4.09. The number of nitrogens with one attached hydrogen (secondary N) is 1. The van der Waals surface area contributed by atoms with E-state index in [4.69, 9.17) is 10.9 Å². The Hall–Kier alpha value is -1.62. The highest BCUT2D eigenvalue weighted by Gasteiger charge is 2.17. The van der Waals surface area contributed by atoms with Crippen LogP contribution in [-0.2, 0) is 6.54 Å². The van der Waals surface area contributed by atoms with Gasteiger partial charge in [-0.1, -0.05) is 24.9 Å². The number of hydrogen-bond acceptors (Lipinski definition) is 4. The van der Waals surface area contributed by atoms with Crippen LogP contribution in [0.5, 0.6) is 0 Å².